The van der Waals surface area contributed by atoms with Crippen molar-refractivity contribution in [1.82, 2.24) is 0 Å². The molecule has 1 aromatic carbocycles. The third kappa shape index (κ3) is 2.26. The first-order valence-electron chi connectivity index (χ1n) is 8.29. The van der Waals surface area contributed by atoms with E-state index in [2.05, 4.69) is 13.5 Å². The molecule has 0 bridgehead atoms. The van der Waals surface area contributed by atoms with Crippen LogP contribution in [0.4, 0.5) is 0 Å². The minimum absolute atomic E-state index is 0.0929. The highest BCUT2D eigenvalue weighted by Crippen LogP contribution is 2.58. The summed E-state index contributed by atoms with van der Waals surface area (Å²) in [6, 6.07) is 5.83. The fourth-order valence-electron chi connectivity index (χ4n) is 3.90. The van der Waals surface area contributed by atoms with Gasteiger partial charge in [0.2, 0.25) is 12.6 Å². The zero-order chi connectivity index (χ0) is 17.6. The van der Waals surface area contributed by atoms with Crippen LogP contribution in [0.15, 0.2) is 54.5 Å². The molecule has 3 atom stereocenters. The number of rotatable bonds is 4. The predicted molar refractivity (Wildman–Crippen MR) is 91.0 cm³/mol. The van der Waals surface area contributed by atoms with Crippen molar-refractivity contribution in [1.29, 1.82) is 0 Å². The zero-order valence-electron chi connectivity index (χ0n) is 14.3. The summed E-state index contributed by atoms with van der Waals surface area (Å²) in [5.41, 5.74) is 0.567. The Labute approximate surface area is 146 Å². The maximum Gasteiger partial charge on any atom is 0.231 e. The molecule has 130 valence electrons. The van der Waals surface area contributed by atoms with Gasteiger partial charge in [-0.05, 0) is 30.2 Å². The molecule has 0 radical (unpaired) electrons. The minimum Gasteiger partial charge on any atom is -0.493 e. The fourth-order valence-corrected chi connectivity index (χ4v) is 3.90. The van der Waals surface area contributed by atoms with E-state index >= 15 is 0 Å². The smallest absolute Gasteiger partial charge is 0.231 e. The number of benzene rings is 1. The van der Waals surface area contributed by atoms with Crippen molar-refractivity contribution in [2.45, 2.75) is 19.4 Å². The van der Waals surface area contributed by atoms with Gasteiger partial charge in [-0.15, -0.1) is 6.58 Å². The maximum atomic E-state index is 12.2. The molecule has 2 heterocycles. The van der Waals surface area contributed by atoms with Gasteiger partial charge in [-0.3, -0.25) is 4.79 Å². The van der Waals surface area contributed by atoms with Crippen molar-refractivity contribution in [3.05, 3.63) is 60.1 Å². The Balaban J connectivity index is 1.76. The van der Waals surface area contributed by atoms with Crippen LogP contribution >= 0.6 is 0 Å². The number of ketones is 1. The van der Waals surface area contributed by atoms with Crippen molar-refractivity contribution in [3.8, 4) is 11.5 Å². The van der Waals surface area contributed by atoms with Gasteiger partial charge in [-0.25, -0.2) is 0 Å². The SMILES string of the molecule is C=CC[C@@]12C=C(OC)C(=O)C=C1O[C@H](c1ccc3c(c1)OCO3)[C@@H]2C. The van der Waals surface area contributed by atoms with Crippen molar-refractivity contribution < 1.29 is 23.7 Å². The monoisotopic (exact) mass is 340 g/mol. The van der Waals surface area contributed by atoms with Crippen LogP contribution in [-0.4, -0.2) is 19.7 Å². The molecule has 5 heteroatoms. The van der Waals surface area contributed by atoms with Gasteiger partial charge in [-0.2, -0.15) is 0 Å². The number of carbonyl (C=O) groups is 1. The molecule has 2 aliphatic heterocycles. The highest BCUT2D eigenvalue weighted by molar-refractivity contribution is 6.04. The van der Waals surface area contributed by atoms with Crippen LogP contribution < -0.4 is 9.47 Å². The van der Waals surface area contributed by atoms with Crippen LogP contribution in [0.1, 0.15) is 25.0 Å². The van der Waals surface area contributed by atoms with Crippen molar-refractivity contribution in [2.75, 3.05) is 13.9 Å². The Bertz CT molecular complexity index is 806. The first-order valence-corrected chi connectivity index (χ1v) is 8.29. The van der Waals surface area contributed by atoms with Crippen molar-refractivity contribution in [2.24, 2.45) is 11.3 Å². The molecule has 25 heavy (non-hydrogen) atoms. The summed E-state index contributed by atoms with van der Waals surface area (Å²) in [5, 5.41) is 0. The lowest BCUT2D eigenvalue weighted by Crippen LogP contribution is -2.29. The second-order valence-corrected chi connectivity index (χ2v) is 6.56. The third-order valence-corrected chi connectivity index (χ3v) is 5.30. The molecule has 1 saturated heterocycles. The largest absolute Gasteiger partial charge is 0.493 e. The molecule has 5 nitrogen and oxygen atoms in total. The van der Waals surface area contributed by atoms with E-state index < -0.39 is 5.41 Å². The highest BCUT2D eigenvalue weighted by Gasteiger charge is 2.53. The lowest BCUT2D eigenvalue weighted by atomic mass is 9.69. The van der Waals surface area contributed by atoms with Gasteiger partial charge in [0, 0.05) is 12.0 Å². The standard InChI is InChI=1S/C20H20O5/c1-4-7-20-10-17(22-3)14(21)9-18(20)25-19(12(20)2)13-5-6-15-16(8-13)24-11-23-15/h4-6,8-10,12,19H,1,7,11H2,2-3H3/t12-,19-,20-/m0/s1. The molecular weight excluding hydrogens is 320 g/mol. The summed E-state index contributed by atoms with van der Waals surface area (Å²) in [6.45, 7) is 6.25. The average molecular weight is 340 g/mol. The molecule has 0 N–H and O–H groups in total. The molecule has 4 rings (SSSR count). The normalized spacial score (nSPS) is 29.4. The van der Waals surface area contributed by atoms with Crippen LogP contribution in [0.2, 0.25) is 0 Å². The first-order chi connectivity index (χ1) is 12.1. The molecule has 3 aliphatic rings. The Morgan fingerprint density at radius 1 is 1.36 bits per heavy atom. The highest BCUT2D eigenvalue weighted by atomic mass is 16.7. The van der Waals surface area contributed by atoms with Gasteiger partial charge in [0.1, 0.15) is 11.9 Å². The fraction of sp³-hybridized carbons (Fsp3) is 0.350. The third-order valence-electron chi connectivity index (χ3n) is 5.30. The van der Waals surface area contributed by atoms with Crippen LogP contribution in [0, 0.1) is 11.3 Å². The number of allylic oxidation sites excluding steroid dienone is 3. The van der Waals surface area contributed by atoms with Crippen LogP contribution in [-0.2, 0) is 14.3 Å². The van der Waals surface area contributed by atoms with Crippen molar-refractivity contribution >= 4 is 5.78 Å². The molecule has 0 saturated carbocycles. The molecule has 1 aliphatic carbocycles. The van der Waals surface area contributed by atoms with E-state index in [1.165, 1.54) is 7.11 Å². The summed E-state index contributed by atoms with van der Waals surface area (Å²) < 4.78 is 22.4. The number of carbonyl (C=O) groups excluding carboxylic acids is 1. The van der Waals surface area contributed by atoms with E-state index in [1.807, 2.05) is 30.4 Å². The van der Waals surface area contributed by atoms with Gasteiger partial charge in [0.15, 0.2) is 17.3 Å². The van der Waals surface area contributed by atoms with E-state index in [4.69, 9.17) is 18.9 Å². The lowest BCUT2D eigenvalue weighted by molar-refractivity contribution is -0.114. The molecule has 1 aromatic rings. The topological polar surface area (TPSA) is 54.0 Å². The van der Waals surface area contributed by atoms with E-state index in [0.717, 1.165) is 17.1 Å². The summed E-state index contributed by atoms with van der Waals surface area (Å²) in [7, 11) is 1.51. The van der Waals surface area contributed by atoms with E-state index in [1.54, 1.807) is 6.08 Å². The average Bonchev–Trinajstić information content (AvgIpc) is 3.18. The first kappa shape index (κ1) is 15.8. The van der Waals surface area contributed by atoms with E-state index in [-0.39, 0.29) is 24.6 Å². The summed E-state index contributed by atoms with van der Waals surface area (Å²) >= 11 is 0. The predicted octanol–water partition coefficient (Wildman–Crippen LogP) is 3.68. The molecule has 1 fully saturated rings. The van der Waals surface area contributed by atoms with Gasteiger partial charge >= 0.3 is 0 Å². The van der Waals surface area contributed by atoms with Gasteiger partial charge in [0.25, 0.3) is 0 Å². The second-order valence-electron chi connectivity index (χ2n) is 6.56. The van der Waals surface area contributed by atoms with Crippen LogP contribution in [0.3, 0.4) is 0 Å². The molecule has 0 amide bonds. The quantitative estimate of drug-likeness (QED) is 0.783. The van der Waals surface area contributed by atoms with Gasteiger partial charge < -0.3 is 18.9 Å². The Morgan fingerprint density at radius 2 is 2.16 bits per heavy atom. The summed E-state index contributed by atoms with van der Waals surface area (Å²) in [4.78, 5) is 12.2. The summed E-state index contributed by atoms with van der Waals surface area (Å²) in [5.74, 6) is 2.41. The summed E-state index contributed by atoms with van der Waals surface area (Å²) in [6.07, 6.45) is 5.77. The Morgan fingerprint density at radius 3 is 2.92 bits per heavy atom. The second kappa shape index (κ2) is 5.69. The zero-order valence-corrected chi connectivity index (χ0v) is 14.3. The van der Waals surface area contributed by atoms with Crippen LogP contribution in [0.25, 0.3) is 0 Å². The molecule has 0 spiro atoms. The van der Waals surface area contributed by atoms with Crippen molar-refractivity contribution in [3.63, 3.8) is 0 Å². The number of methoxy groups -OCH3 is 1. The van der Waals surface area contributed by atoms with E-state index in [0.29, 0.717) is 17.9 Å². The molecule has 0 unspecified atom stereocenters. The molecular formula is C20H20O5. The Kier molecular flexibility index (Phi) is 3.60. The van der Waals surface area contributed by atoms with E-state index in [9.17, 15) is 4.79 Å². The number of ether oxygens (including phenoxy) is 4. The molecule has 0 aromatic heterocycles. The number of hydrogen-bond acceptors (Lipinski definition) is 5. The van der Waals surface area contributed by atoms with Crippen LogP contribution in [0.5, 0.6) is 11.5 Å². The lowest BCUT2D eigenvalue weighted by Gasteiger charge is -2.31. The number of fused-ring (bicyclic) bond motifs is 2. The number of hydrogen-bond donors (Lipinski definition) is 0. The van der Waals surface area contributed by atoms with Gasteiger partial charge in [0.05, 0.1) is 12.5 Å². The minimum atomic E-state index is -0.429. The Hall–Kier alpha value is -2.69. The van der Waals surface area contributed by atoms with Gasteiger partial charge in [-0.1, -0.05) is 19.1 Å². The maximum absolute atomic E-state index is 12.2.